The van der Waals surface area contributed by atoms with Gasteiger partial charge in [0.25, 0.3) is 0 Å². The molecule has 0 radical (unpaired) electrons. The van der Waals surface area contributed by atoms with Crippen molar-refractivity contribution in [1.29, 1.82) is 0 Å². The van der Waals surface area contributed by atoms with Crippen LogP contribution < -0.4 is 0 Å². The summed E-state index contributed by atoms with van der Waals surface area (Å²) in [7, 11) is 0. The molecule has 0 fully saturated rings. The Kier molecular flexibility index (Phi) is 2.71. The van der Waals surface area contributed by atoms with Crippen LogP contribution in [0.15, 0.2) is 4.42 Å². The van der Waals surface area contributed by atoms with E-state index in [-0.39, 0.29) is 8.84 Å². The van der Waals surface area contributed by atoms with Gasteiger partial charge in [0, 0.05) is 5.41 Å². The number of alkyl halides is 1. The predicted molar refractivity (Wildman–Crippen MR) is 60.0 cm³/mol. The summed E-state index contributed by atoms with van der Waals surface area (Å²) in [6.45, 7) is 10.3. The number of rotatable bonds is 1. The van der Waals surface area contributed by atoms with Crippen molar-refractivity contribution in [3.63, 3.8) is 0 Å². The minimum absolute atomic E-state index is 0.0624. The number of hydrogen-bond donors (Lipinski definition) is 0. The number of halogens is 1. The van der Waals surface area contributed by atoms with Crippen molar-refractivity contribution >= 4 is 22.6 Å². The molecule has 0 N–H and O–H groups in total. The molecule has 0 saturated carbocycles. The van der Waals surface area contributed by atoms with Crippen LogP contribution in [-0.2, 0) is 8.84 Å². The van der Waals surface area contributed by atoms with Crippen LogP contribution in [0.25, 0.3) is 0 Å². The molecule has 0 aliphatic rings. The van der Waals surface area contributed by atoms with E-state index in [4.69, 9.17) is 4.42 Å². The molecule has 4 heteroatoms. The average molecular weight is 294 g/mol. The van der Waals surface area contributed by atoms with Crippen molar-refractivity contribution in [3.05, 3.63) is 11.8 Å². The van der Waals surface area contributed by atoms with E-state index in [1.807, 2.05) is 13.8 Å². The minimum atomic E-state index is -0.0890. The van der Waals surface area contributed by atoms with Crippen molar-refractivity contribution in [1.82, 2.24) is 10.2 Å². The standard InChI is InChI=1S/C9H15IN2O/c1-8(2,3)6-11-12-7(13-6)9(4,5)10/h1-5H3. The first-order chi connectivity index (χ1) is 5.71. The highest BCUT2D eigenvalue weighted by atomic mass is 127. The first-order valence-electron chi connectivity index (χ1n) is 4.24. The third kappa shape index (κ3) is 2.65. The lowest BCUT2D eigenvalue weighted by Crippen LogP contribution is -2.11. The fraction of sp³-hybridized carbons (Fsp3) is 0.778. The Morgan fingerprint density at radius 2 is 1.46 bits per heavy atom. The van der Waals surface area contributed by atoms with E-state index >= 15 is 0 Å². The molecular weight excluding hydrogens is 279 g/mol. The van der Waals surface area contributed by atoms with Crippen molar-refractivity contribution < 1.29 is 4.42 Å². The Labute approximate surface area is 92.4 Å². The number of aromatic nitrogens is 2. The van der Waals surface area contributed by atoms with Crippen molar-refractivity contribution in [3.8, 4) is 0 Å². The SMILES string of the molecule is CC(C)(C)c1nnc(C(C)(C)I)o1. The summed E-state index contributed by atoms with van der Waals surface area (Å²) in [6, 6.07) is 0. The molecule has 0 unspecified atom stereocenters. The molecule has 0 aromatic carbocycles. The van der Waals surface area contributed by atoms with E-state index in [1.54, 1.807) is 0 Å². The van der Waals surface area contributed by atoms with E-state index in [0.29, 0.717) is 11.8 Å². The van der Waals surface area contributed by atoms with Gasteiger partial charge in [0.15, 0.2) is 0 Å². The molecule has 3 nitrogen and oxygen atoms in total. The lowest BCUT2D eigenvalue weighted by molar-refractivity contribution is 0.360. The van der Waals surface area contributed by atoms with E-state index in [9.17, 15) is 0 Å². The smallest absolute Gasteiger partial charge is 0.231 e. The maximum absolute atomic E-state index is 5.58. The summed E-state index contributed by atoms with van der Waals surface area (Å²) < 4.78 is 5.49. The normalized spacial score (nSPS) is 13.4. The maximum atomic E-state index is 5.58. The molecule has 0 saturated heterocycles. The summed E-state index contributed by atoms with van der Waals surface area (Å²) in [6.07, 6.45) is 0. The van der Waals surface area contributed by atoms with E-state index in [1.165, 1.54) is 0 Å². The van der Waals surface area contributed by atoms with Gasteiger partial charge in [0.05, 0.1) is 3.42 Å². The zero-order valence-electron chi connectivity index (χ0n) is 8.68. The Balaban J connectivity index is 3.01. The van der Waals surface area contributed by atoms with Gasteiger partial charge in [-0.15, -0.1) is 10.2 Å². The lowest BCUT2D eigenvalue weighted by Gasteiger charge is -2.13. The molecular formula is C9H15IN2O. The van der Waals surface area contributed by atoms with E-state index in [2.05, 4.69) is 53.6 Å². The van der Waals surface area contributed by atoms with Gasteiger partial charge in [-0.2, -0.15) is 0 Å². The van der Waals surface area contributed by atoms with Crippen LogP contribution in [0, 0.1) is 0 Å². The maximum Gasteiger partial charge on any atom is 0.231 e. The third-order valence-electron chi connectivity index (χ3n) is 1.58. The zero-order valence-corrected chi connectivity index (χ0v) is 10.8. The monoisotopic (exact) mass is 294 g/mol. The van der Waals surface area contributed by atoms with E-state index in [0.717, 1.165) is 0 Å². The fourth-order valence-electron chi connectivity index (χ4n) is 0.767. The van der Waals surface area contributed by atoms with Crippen molar-refractivity contribution in [2.75, 3.05) is 0 Å². The second-order valence-electron chi connectivity index (χ2n) is 4.63. The van der Waals surface area contributed by atoms with Gasteiger partial charge in [-0.3, -0.25) is 0 Å². The van der Waals surface area contributed by atoms with Gasteiger partial charge in [0.2, 0.25) is 11.8 Å². The first-order valence-corrected chi connectivity index (χ1v) is 5.32. The molecule has 74 valence electrons. The van der Waals surface area contributed by atoms with Crippen LogP contribution in [0.5, 0.6) is 0 Å². The molecule has 0 atom stereocenters. The molecule has 1 aromatic heterocycles. The number of nitrogens with zero attached hydrogens (tertiary/aromatic N) is 2. The van der Waals surface area contributed by atoms with Crippen LogP contribution in [0.2, 0.25) is 0 Å². The van der Waals surface area contributed by atoms with Gasteiger partial charge in [-0.05, 0) is 13.8 Å². The predicted octanol–water partition coefficient (Wildman–Crippen LogP) is 3.04. The quantitative estimate of drug-likeness (QED) is 0.590. The molecule has 13 heavy (non-hydrogen) atoms. The minimum Gasteiger partial charge on any atom is -0.423 e. The van der Waals surface area contributed by atoms with E-state index < -0.39 is 0 Å². The highest BCUT2D eigenvalue weighted by molar-refractivity contribution is 14.1. The average Bonchev–Trinajstić information content (AvgIpc) is 2.28. The van der Waals surface area contributed by atoms with Gasteiger partial charge < -0.3 is 4.42 Å². The van der Waals surface area contributed by atoms with Crippen LogP contribution in [0.4, 0.5) is 0 Å². The van der Waals surface area contributed by atoms with Crippen molar-refractivity contribution in [2.45, 2.75) is 43.5 Å². The van der Waals surface area contributed by atoms with Crippen LogP contribution in [-0.4, -0.2) is 10.2 Å². The van der Waals surface area contributed by atoms with Crippen molar-refractivity contribution in [2.24, 2.45) is 0 Å². The molecule has 1 rings (SSSR count). The fourth-order valence-corrected chi connectivity index (χ4v) is 0.985. The van der Waals surface area contributed by atoms with Gasteiger partial charge in [-0.25, -0.2) is 0 Å². The van der Waals surface area contributed by atoms with Gasteiger partial charge in [0.1, 0.15) is 0 Å². The second-order valence-corrected chi connectivity index (χ2v) is 7.33. The Morgan fingerprint density at radius 3 is 1.69 bits per heavy atom. The zero-order chi connectivity index (χ0) is 10.3. The summed E-state index contributed by atoms with van der Waals surface area (Å²) in [5, 5.41) is 8.06. The lowest BCUT2D eigenvalue weighted by atomic mass is 9.97. The van der Waals surface area contributed by atoms with Crippen LogP contribution in [0.3, 0.4) is 0 Å². The first kappa shape index (κ1) is 10.9. The summed E-state index contributed by atoms with van der Waals surface area (Å²) in [4.78, 5) is 0. The highest BCUT2D eigenvalue weighted by Gasteiger charge is 2.27. The number of hydrogen-bond acceptors (Lipinski definition) is 3. The Hall–Kier alpha value is -0.130. The molecule has 1 aromatic rings. The molecule has 1 heterocycles. The van der Waals surface area contributed by atoms with Gasteiger partial charge >= 0.3 is 0 Å². The Bertz CT molecular complexity index is 265. The molecule has 0 amide bonds. The van der Waals surface area contributed by atoms with Crippen LogP contribution in [0.1, 0.15) is 46.4 Å². The highest BCUT2D eigenvalue weighted by Crippen LogP contribution is 2.31. The molecule has 0 bridgehead atoms. The molecule has 0 aliphatic carbocycles. The summed E-state index contributed by atoms with van der Waals surface area (Å²) in [5.74, 6) is 1.39. The summed E-state index contributed by atoms with van der Waals surface area (Å²) >= 11 is 2.29. The van der Waals surface area contributed by atoms with Crippen LogP contribution >= 0.6 is 22.6 Å². The Morgan fingerprint density at radius 1 is 1.00 bits per heavy atom. The van der Waals surface area contributed by atoms with Gasteiger partial charge in [-0.1, -0.05) is 43.4 Å². The topological polar surface area (TPSA) is 38.9 Å². The molecule has 0 aliphatic heterocycles. The summed E-state index contributed by atoms with van der Waals surface area (Å²) in [5.41, 5.74) is -0.0624. The largest absolute Gasteiger partial charge is 0.423 e. The molecule has 0 spiro atoms. The second kappa shape index (κ2) is 3.22. The third-order valence-corrected chi connectivity index (χ3v) is 2.04.